The van der Waals surface area contributed by atoms with Crippen molar-refractivity contribution in [1.29, 1.82) is 0 Å². The lowest BCUT2D eigenvalue weighted by molar-refractivity contribution is -0.139. The molecule has 0 radical (unpaired) electrons. The third-order valence-corrected chi connectivity index (χ3v) is 1.27. The molecule has 0 amide bonds. The molecule has 0 rings (SSSR count). The molecule has 0 aliphatic rings. The average molecular weight is 187 g/mol. The summed E-state index contributed by atoms with van der Waals surface area (Å²) < 4.78 is 9.63. The number of carbonyl (C=O) groups is 1. The smallest absolute Gasteiger partial charge is 0.319 e. The molecule has 0 aliphatic carbocycles. The van der Waals surface area contributed by atoms with Crippen molar-refractivity contribution in [3.8, 4) is 0 Å². The minimum absolute atomic E-state index is 0.229. The Morgan fingerprint density at radius 2 is 2.23 bits per heavy atom. The average Bonchev–Trinajstić information content (AvgIpc) is 2.10. The summed E-state index contributed by atoms with van der Waals surface area (Å²) in [4.78, 5) is 10.6. The largest absolute Gasteiger partial charge is 0.468 e. The van der Waals surface area contributed by atoms with Gasteiger partial charge in [-0.2, -0.15) is 0 Å². The maximum Gasteiger partial charge on any atom is 0.319 e. The monoisotopic (exact) mass is 187 g/mol. The van der Waals surface area contributed by atoms with Gasteiger partial charge in [0.15, 0.2) is 0 Å². The molecule has 4 heteroatoms. The summed E-state index contributed by atoms with van der Waals surface area (Å²) >= 11 is 0. The number of ether oxygens (including phenoxy) is 2. The van der Waals surface area contributed by atoms with Gasteiger partial charge >= 0.3 is 5.97 Å². The second-order valence-electron chi connectivity index (χ2n) is 2.76. The lowest BCUT2D eigenvalue weighted by atomic mass is 10.4. The highest BCUT2D eigenvalue weighted by Gasteiger charge is 1.97. The van der Waals surface area contributed by atoms with E-state index < -0.39 is 0 Å². The molecule has 0 aromatic heterocycles. The van der Waals surface area contributed by atoms with Crippen molar-refractivity contribution in [2.45, 2.75) is 6.92 Å². The van der Waals surface area contributed by atoms with Crippen LogP contribution in [0.1, 0.15) is 6.92 Å². The van der Waals surface area contributed by atoms with Gasteiger partial charge in [-0.1, -0.05) is 12.2 Å². The summed E-state index contributed by atoms with van der Waals surface area (Å²) in [5, 5.41) is 2.88. The third kappa shape index (κ3) is 9.04. The first-order chi connectivity index (χ1) is 6.16. The van der Waals surface area contributed by atoms with Crippen LogP contribution in [0, 0.1) is 0 Å². The van der Waals surface area contributed by atoms with Crippen LogP contribution < -0.4 is 5.32 Å². The summed E-state index contributed by atoms with van der Waals surface area (Å²) in [5.74, 6) is -0.264. The van der Waals surface area contributed by atoms with Gasteiger partial charge in [0.05, 0.1) is 26.9 Å². The van der Waals surface area contributed by atoms with Gasteiger partial charge in [-0.15, -0.1) is 0 Å². The molecule has 4 nitrogen and oxygen atoms in total. The number of esters is 1. The van der Waals surface area contributed by atoms with Crippen molar-refractivity contribution in [3.05, 3.63) is 12.2 Å². The van der Waals surface area contributed by atoms with E-state index in [9.17, 15) is 4.79 Å². The standard InChI is InChI=1S/C9H17NO3/c1-8(2)7-13-5-4-10-6-9(11)12-3/h10H,1,4-7H2,2-3H3. The molecule has 0 heterocycles. The molecule has 0 saturated carbocycles. The predicted molar refractivity (Wildman–Crippen MR) is 50.5 cm³/mol. The first kappa shape index (κ1) is 12.1. The van der Waals surface area contributed by atoms with Crippen LogP contribution in [-0.2, 0) is 14.3 Å². The van der Waals surface area contributed by atoms with Crippen LogP contribution in [0.3, 0.4) is 0 Å². The Balaban J connectivity index is 3.08. The molecule has 0 aromatic rings. The highest BCUT2D eigenvalue weighted by Crippen LogP contribution is 1.86. The topological polar surface area (TPSA) is 47.6 Å². The molecule has 1 N–H and O–H groups in total. The number of hydrogen-bond donors (Lipinski definition) is 1. The lowest BCUT2D eigenvalue weighted by Gasteiger charge is -2.04. The van der Waals surface area contributed by atoms with Crippen molar-refractivity contribution >= 4 is 5.97 Å². The SMILES string of the molecule is C=C(C)COCCNCC(=O)OC. The Kier molecular flexibility index (Phi) is 7.24. The molecule has 0 aliphatic heterocycles. The Labute approximate surface area is 78.9 Å². The summed E-state index contributed by atoms with van der Waals surface area (Å²) in [6.07, 6.45) is 0. The predicted octanol–water partition coefficient (Wildman–Crippen LogP) is 0.342. The highest BCUT2D eigenvalue weighted by molar-refractivity contribution is 5.71. The number of hydrogen-bond acceptors (Lipinski definition) is 4. The fourth-order valence-corrected chi connectivity index (χ4v) is 0.653. The van der Waals surface area contributed by atoms with E-state index in [-0.39, 0.29) is 12.5 Å². The molecular formula is C9H17NO3. The van der Waals surface area contributed by atoms with Gasteiger partial charge in [-0.3, -0.25) is 4.79 Å². The Bertz CT molecular complexity index is 168. The van der Waals surface area contributed by atoms with E-state index in [1.165, 1.54) is 7.11 Å². The summed E-state index contributed by atoms with van der Waals surface area (Å²) in [6.45, 7) is 7.61. The van der Waals surface area contributed by atoms with Gasteiger partial charge in [0.1, 0.15) is 0 Å². The molecule has 0 saturated heterocycles. The van der Waals surface area contributed by atoms with Gasteiger partial charge in [0.2, 0.25) is 0 Å². The van der Waals surface area contributed by atoms with Crippen LogP contribution in [0.2, 0.25) is 0 Å². The van der Waals surface area contributed by atoms with Crippen LogP contribution in [0.5, 0.6) is 0 Å². The second-order valence-corrected chi connectivity index (χ2v) is 2.76. The van der Waals surface area contributed by atoms with Gasteiger partial charge in [0.25, 0.3) is 0 Å². The third-order valence-electron chi connectivity index (χ3n) is 1.27. The van der Waals surface area contributed by atoms with Crippen molar-refractivity contribution in [2.75, 3.05) is 33.4 Å². The van der Waals surface area contributed by atoms with E-state index in [1.807, 2.05) is 6.92 Å². The number of methoxy groups -OCH3 is 1. The molecule has 76 valence electrons. The normalized spacial score (nSPS) is 9.69. The first-order valence-corrected chi connectivity index (χ1v) is 4.16. The van der Waals surface area contributed by atoms with Crippen LogP contribution in [0.4, 0.5) is 0 Å². The zero-order valence-electron chi connectivity index (χ0n) is 8.26. The molecule has 0 aromatic carbocycles. The van der Waals surface area contributed by atoms with Gasteiger partial charge in [0, 0.05) is 6.54 Å². The van der Waals surface area contributed by atoms with Gasteiger partial charge < -0.3 is 14.8 Å². The fourth-order valence-electron chi connectivity index (χ4n) is 0.653. The minimum Gasteiger partial charge on any atom is -0.468 e. The summed E-state index contributed by atoms with van der Waals surface area (Å²) in [5.41, 5.74) is 0.993. The Hall–Kier alpha value is -0.870. The van der Waals surface area contributed by atoms with Crippen molar-refractivity contribution in [3.63, 3.8) is 0 Å². The molecule has 13 heavy (non-hydrogen) atoms. The fraction of sp³-hybridized carbons (Fsp3) is 0.667. The second kappa shape index (κ2) is 7.76. The van der Waals surface area contributed by atoms with Crippen molar-refractivity contribution in [1.82, 2.24) is 5.32 Å². The van der Waals surface area contributed by atoms with Crippen LogP contribution in [0.25, 0.3) is 0 Å². The Morgan fingerprint density at radius 3 is 2.77 bits per heavy atom. The minimum atomic E-state index is -0.264. The number of rotatable bonds is 7. The molecule has 0 spiro atoms. The van der Waals surface area contributed by atoms with E-state index >= 15 is 0 Å². The van der Waals surface area contributed by atoms with Gasteiger partial charge in [-0.25, -0.2) is 0 Å². The van der Waals surface area contributed by atoms with E-state index in [4.69, 9.17) is 4.74 Å². The maximum atomic E-state index is 10.6. The zero-order chi connectivity index (χ0) is 10.1. The maximum absolute atomic E-state index is 10.6. The van der Waals surface area contributed by atoms with E-state index in [1.54, 1.807) is 0 Å². The quantitative estimate of drug-likeness (QED) is 0.355. The van der Waals surface area contributed by atoms with Crippen LogP contribution in [-0.4, -0.2) is 39.4 Å². The molecule has 0 bridgehead atoms. The van der Waals surface area contributed by atoms with E-state index in [0.29, 0.717) is 19.8 Å². The van der Waals surface area contributed by atoms with Crippen LogP contribution in [0.15, 0.2) is 12.2 Å². The summed E-state index contributed by atoms with van der Waals surface area (Å²) in [7, 11) is 1.36. The van der Waals surface area contributed by atoms with Crippen molar-refractivity contribution < 1.29 is 14.3 Å². The zero-order valence-corrected chi connectivity index (χ0v) is 8.26. The Morgan fingerprint density at radius 1 is 1.54 bits per heavy atom. The highest BCUT2D eigenvalue weighted by atomic mass is 16.5. The molecule has 0 fully saturated rings. The van der Waals surface area contributed by atoms with Crippen molar-refractivity contribution in [2.24, 2.45) is 0 Å². The molecule has 0 atom stereocenters. The number of carbonyl (C=O) groups excluding carboxylic acids is 1. The van der Waals surface area contributed by atoms with E-state index in [2.05, 4.69) is 16.6 Å². The number of nitrogens with one attached hydrogen (secondary N) is 1. The van der Waals surface area contributed by atoms with Crippen LogP contribution >= 0.6 is 0 Å². The molecular weight excluding hydrogens is 170 g/mol. The summed E-state index contributed by atoms with van der Waals surface area (Å²) in [6, 6.07) is 0. The first-order valence-electron chi connectivity index (χ1n) is 4.16. The van der Waals surface area contributed by atoms with E-state index in [0.717, 1.165) is 5.57 Å². The molecule has 0 unspecified atom stereocenters. The van der Waals surface area contributed by atoms with Gasteiger partial charge in [-0.05, 0) is 6.92 Å². The lowest BCUT2D eigenvalue weighted by Crippen LogP contribution is -2.27.